The second-order valence-electron chi connectivity index (χ2n) is 4.50. The lowest BCUT2D eigenvalue weighted by molar-refractivity contribution is 0.0947. The first kappa shape index (κ1) is 15.3. The Morgan fingerprint density at radius 1 is 1.58 bits per heavy atom. The third-order valence-corrected chi connectivity index (χ3v) is 6.88. The summed E-state index contributed by atoms with van der Waals surface area (Å²) >= 11 is 6.95. The summed E-state index contributed by atoms with van der Waals surface area (Å²) in [6.07, 6.45) is 1.98. The Labute approximate surface area is 123 Å². The molecule has 1 aromatic rings. The molecule has 0 bridgehead atoms. The fourth-order valence-electron chi connectivity index (χ4n) is 2.10. The monoisotopic (exact) mass is 323 g/mol. The van der Waals surface area contributed by atoms with Gasteiger partial charge in [-0.2, -0.15) is 4.31 Å². The maximum absolute atomic E-state index is 12.5. The molecule has 0 saturated carbocycles. The molecule has 0 aliphatic carbocycles. The van der Waals surface area contributed by atoms with Crippen molar-refractivity contribution in [2.75, 3.05) is 19.7 Å². The summed E-state index contributed by atoms with van der Waals surface area (Å²) in [6.45, 7) is 3.48. The van der Waals surface area contributed by atoms with Crippen molar-refractivity contribution in [3.05, 3.63) is 17.0 Å². The fraction of sp³-hybridized carbons (Fsp3) is 0.667. The number of rotatable bonds is 6. The normalized spacial score (nSPS) is 20.3. The lowest BCUT2D eigenvalue weighted by Gasteiger charge is -2.22. The SMILES string of the molecule is CCN(CC1CCCO1)S(=O)(=O)c1cc(CCl)cs1. The molecule has 0 N–H and O–H groups in total. The molecule has 1 saturated heterocycles. The molecule has 1 aromatic heterocycles. The van der Waals surface area contributed by atoms with E-state index < -0.39 is 10.0 Å². The summed E-state index contributed by atoms with van der Waals surface area (Å²) in [5.74, 6) is 0.337. The second kappa shape index (κ2) is 6.54. The van der Waals surface area contributed by atoms with Crippen LogP contribution in [0.3, 0.4) is 0 Å². The van der Waals surface area contributed by atoms with Gasteiger partial charge in [0.05, 0.1) is 6.10 Å². The molecule has 2 rings (SSSR count). The zero-order valence-corrected chi connectivity index (χ0v) is 13.2. The number of hydrogen-bond acceptors (Lipinski definition) is 4. The van der Waals surface area contributed by atoms with Crippen LogP contribution >= 0.6 is 22.9 Å². The number of sulfonamides is 1. The summed E-state index contributed by atoms with van der Waals surface area (Å²) in [5.41, 5.74) is 0.846. The number of halogens is 1. The van der Waals surface area contributed by atoms with Crippen LogP contribution in [0.15, 0.2) is 15.7 Å². The van der Waals surface area contributed by atoms with Crippen LogP contribution < -0.4 is 0 Å². The molecule has 0 radical (unpaired) electrons. The Balaban J connectivity index is 2.15. The molecule has 2 heterocycles. The first-order valence-electron chi connectivity index (χ1n) is 6.33. The van der Waals surface area contributed by atoms with Crippen molar-refractivity contribution in [2.24, 2.45) is 0 Å². The van der Waals surface area contributed by atoms with Crippen LogP contribution in [-0.4, -0.2) is 38.5 Å². The largest absolute Gasteiger partial charge is 0.377 e. The predicted molar refractivity (Wildman–Crippen MR) is 77.3 cm³/mol. The van der Waals surface area contributed by atoms with Gasteiger partial charge in [0, 0.05) is 25.6 Å². The van der Waals surface area contributed by atoms with E-state index in [1.54, 1.807) is 11.4 Å². The van der Waals surface area contributed by atoms with Crippen molar-refractivity contribution < 1.29 is 13.2 Å². The molecular formula is C12H18ClNO3S2. The topological polar surface area (TPSA) is 46.6 Å². The Morgan fingerprint density at radius 2 is 2.37 bits per heavy atom. The third-order valence-electron chi connectivity index (χ3n) is 3.16. The number of hydrogen-bond donors (Lipinski definition) is 0. The Morgan fingerprint density at radius 3 is 2.89 bits per heavy atom. The Kier molecular flexibility index (Phi) is 5.25. The molecule has 0 amide bonds. The van der Waals surface area contributed by atoms with E-state index in [2.05, 4.69) is 0 Å². The number of nitrogens with zero attached hydrogens (tertiary/aromatic N) is 1. The van der Waals surface area contributed by atoms with Gasteiger partial charge in [0.25, 0.3) is 10.0 Å². The van der Waals surface area contributed by atoms with Gasteiger partial charge >= 0.3 is 0 Å². The highest BCUT2D eigenvalue weighted by Crippen LogP contribution is 2.26. The van der Waals surface area contributed by atoms with Crippen molar-refractivity contribution in [1.82, 2.24) is 4.31 Å². The van der Waals surface area contributed by atoms with E-state index in [0.29, 0.717) is 23.2 Å². The van der Waals surface area contributed by atoms with Gasteiger partial charge in [-0.15, -0.1) is 22.9 Å². The quantitative estimate of drug-likeness (QED) is 0.756. The van der Waals surface area contributed by atoms with Crippen LogP contribution in [0, 0.1) is 0 Å². The van der Waals surface area contributed by atoms with E-state index in [-0.39, 0.29) is 6.10 Å². The summed E-state index contributed by atoms with van der Waals surface area (Å²) < 4.78 is 32.4. The number of ether oxygens (including phenoxy) is 1. The molecule has 4 nitrogen and oxygen atoms in total. The average molecular weight is 324 g/mol. The van der Waals surface area contributed by atoms with Gasteiger partial charge in [-0.05, 0) is 29.9 Å². The molecule has 1 unspecified atom stereocenters. The number of likely N-dealkylation sites (N-methyl/N-ethyl adjacent to an activating group) is 1. The molecule has 1 atom stereocenters. The van der Waals surface area contributed by atoms with E-state index in [9.17, 15) is 8.42 Å². The highest BCUT2D eigenvalue weighted by atomic mass is 35.5. The lowest BCUT2D eigenvalue weighted by Crippen LogP contribution is -2.36. The maximum Gasteiger partial charge on any atom is 0.252 e. The standard InChI is InChI=1S/C12H18ClNO3S2/c1-2-14(8-11-4-3-5-17-11)19(15,16)12-6-10(7-13)9-18-12/h6,9,11H,2-5,7-8H2,1H3. The van der Waals surface area contributed by atoms with Gasteiger partial charge in [-0.3, -0.25) is 0 Å². The Hall–Kier alpha value is -0.140. The van der Waals surface area contributed by atoms with Crippen molar-refractivity contribution >= 4 is 33.0 Å². The van der Waals surface area contributed by atoms with Crippen LogP contribution in [0.4, 0.5) is 0 Å². The zero-order valence-electron chi connectivity index (χ0n) is 10.8. The highest BCUT2D eigenvalue weighted by molar-refractivity contribution is 7.91. The van der Waals surface area contributed by atoms with Gasteiger partial charge < -0.3 is 4.74 Å². The summed E-state index contributed by atoms with van der Waals surface area (Å²) in [5, 5.41) is 1.79. The fourth-order valence-corrected chi connectivity index (χ4v) is 5.19. The molecule has 19 heavy (non-hydrogen) atoms. The van der Waals surface area contributed by atoms with Crippen molar-refractivity contribution in [2.45, 2.75) is 36.0 Å². The van der Waals surface area contributed by atoms with Crippen LogP contribution in [0.1, 0.15) is 25.3 Å². The lowest BCUT2D eigenvalue weighted by atomic mass is 10.2. The number of alkyl halides is 1. The van der Waals surface area contributed by atoms with E-state index in [4.69, 9.17) is 16.3 Å². The molecule has 7 heteroatoms. The van der Waals surface area contributed by atoms with Gasteiger partial charge in [-0.1, -0.05) is 6.92 Å². The highest BCUT2D eigenvalue weighted by Gasteiger charge is 2.28. The molecule has 0 aromatic carbocycles. The van der Waals surface area contributed by atoms with Gasteiger partial charge in [0.2, 0.25) is 0 Å². The van der Waals surface area contributed by atoms with Gasteiger partial charge in [0.1, 0.15) is 4.21 Å². The van der Waals surface area contributed by atoms with Crippen LogP contribution in [0.2, 0.25) is 0 Å². The van der Waals surface area contributed by atoms with E-state index in [1.807, 2.05) is 6.92 Å². The average Bonchev–Trinajstić information content (AvgIpc) is 3.06. The van der Waals surface area contributed by atoms with Crippen molar-refractivity contribution in [3.63, 3.8) is 0 Å². The zero-order chi connectivity index (χ0) is 13.9. The number of thiophene rings is 1. The Bertz CT molecular complexity index is 509. The summed E-state index contributed by atoms with van der Waals surface area (Å²) in [6, 6.07) is 1.66. The summed E-state index contributed by atoms with van der Waals surface area (Å²) in [7, 11) is -3.41. The molecular weight excluding hydrogens is 306 g/mol. The molecule has 1 aliphatic heterocycles. The van der Waals surface area contributed by atoms with E-state index >= 15 is 0 Å². The molecule has 1 fully saturated rings. The molecule has 1 aliphatic rings. The van der Waals surface area contributed by atoms with Crippen molar-refractivity contribution in [1.29, 1.82) is 0 Å². The van der Waals surface area contributed by atoms with Crippen molar-refractivity contribution in [3.8, 4) is 0 Å². The molecule has 108 valence electrons. The van der Waals surface area contributed by atoms with Crippen LogP contribution in [0.5, 0.6) is 0 Å². The summed E-state index contributed by atoms with van der Waals surface area (Å²) in [4.78, 5) is 0. The van der Waals surface area contributed by atoms with Crippen LogP contribution in [-0.2, 0) is 20.6 Å². The maximum atomic E-state index is 12.5. The van der Waals surface area contributed by atoms with E-state index in [1.165, 1.54) is 15.6 Å². The third kappa shape index (κ3) is 3.49. The van der Waals surface area contributed by atoms with Gasteiger partial charge in [-0.25, -0.2) is 8.42 Å². The predicted octanol–water partition coefficient (Wildman–Crippen LogP) is 2.68. The minimum absolute atomic E-state index is 0.0298. The first-order chi connectivity index (χ1) is 9.07. The van der Waals surface area contributed by atoms with Gasteiger partial charge in [0.15, 0.2) is 0 Å². The minimum Gasteiger partial charge on any atom is -0.377 e. The first-order valence-corrected chi connectivity index (χ1v) is 9.18. The van der Waals surface area contributed by atoms with E-state index in [0.717, 1.165) is 25.0 Å². The molecule has 0 spiro atoms. The minimum atomic E-state index is -3.41. The van der Waals surface area contributed by atoms with Crippen LogP contribution in [0.25, 0.3) is 0 Å². The smallest absolute Gasteiger partial charge is 0.252 e. The second-order valence-corrected chi connectivity index (χ2v) is 7.84.